The predicted octanol–water partition coefficient (Wildman–Crippen LogP) is 3.50. The minimum absolute atomic E-state index is 0.0944. The monoisotopic (exact) mass is 423 g/mol. The lowest BCUT2D eigenvalue weighted by Gasteiger charge is -2.29. The van der Waals surface area contributed by atoms with Crippen molar-refractivity contribution in [2.75, 3.05) is 34.4 Å². The van der Waals surface area contributed by atoms with Crippen LogP contribution in [0.5, 0.6) is 11.5 Å². The maximum atomic E-state index is 13.0. The zero-order valence-electron chi connectivity index (χ0n) is 18.4. The van der Waals surface area contributed by atoms with Crippen molar-refractivity contribution in [3.05, 3.63) is 23.8 Å². The minimum atomic E-state index is -0.311. The van der Waals surface area contributed by atoms with Crippen LogP contribution in [0.4, 0.5) is 4.79 Å². The Bertz CT molecular complexity index is 735. The molecule has 1 fully saturated rings. The number of hydrogen-bond acceptors (Lipinski definition) is 5. The smallest absolute Gasteiger partial charge is 0.317 e. The quantitative estimate of drug-likeness (QED) is 0.727. The highest BCUT2D eigenvalue weighted by molar-refractivity contribution is 8.01. The highest BCUT2D eigenvalue weighted by Crippen LogP contribution is 2.47. The molecule has 0 saturated carbocycles. The van der Waals surface area contributed by atoms with E-state index >= 15 is 0 Å². The van der Waals surface area contributed by atoms with Gasteiger partial charge in [-0.15, -0.1) is 11.8 Å². The number of nitrogens with one attached hydrogen (secondary N) is 1. The van der Waals surface area contributed by atoms with Gasteiger partial charge in [-0.3, -0.25) is 4.79 Å². The Morgan fingerprint density at radius 3 is 2.52 bits per heavy atom. The largest absolute Gasteiger partial charge is 0.497 e. The molecule has 0 aliphatic carbocycles. The van der Waals surface area contributed by atoms with E-state index in [4.69, 9.17) is 9.47 Å². The summed E-state index contributed by atoms with van der Waals surface area (Å²) in [4.78, 5) is 28.8. The Balaban J connectivity index is 2.22. The lowest BCUT2D eigenvalue weighted by molar-refractivity contribution is -0.130. The highest BCUT2D eigenvalue weighted by Gasteiger charge is 2.41. The molecule has 7 nitrogen and oxygen atoms in total. The molecule has 0 bridgehead atoms. The number of nitrogens with zero attached hydrogens (tertiary/aromatic N) is 2. The first kappa shape index (κ1) is 23.2. The van der Waals surface area contributed by atoms with E-state index in [2.05, 4.69) is 5.32 Å². The summed E-state index contributed by atoms with van der Waals surface area (Å²) < 4.78 is 10.9. The zero-order valence-corrected chi connectivity index (χ0v) is 19.3. The van der Waals surface area contributed by atoms with Crippen LogP contribution in [0.15, 0.2) is 18.2 Å². The van der Waals surface area contributed by atoms with Crippen molar-refractivity contribution in [3.63, 3.8) is 0 Å². The summed E-state index contributed by atoms with van der Waals surface area (Å²) in [5.74, 6) is 1.53. The molecule has 1 saturated heterocycles. The van der Waals surface area contributed by atoms with Crippen molar-refractivity contribution < 1.29 is 19.1 Å². The number of rotatable bonds is 7. The summed E-state index contributed by atoms with van der Waals surface area (Å²) in [7, 11) is 4.99. The second-order valence-corrected chi connectivity index (χ2v) is 9.41. The topological polar surface area (TPSA) is 71.1 Å². The van der Waals surface area contributed by atoms with Crippen molar-refractivity contribution in [3.8, 4) is 11.5 Å². The molecule has 2 atom stereocenters. The van der Waals surface area contributed by atoms with Crippen LogP contribution in [-0.2, 0) is 4.79 Å². The fraction of sp³-hybridized carbons (Fsp3) is 0.619. The number of amides is 3. The number of methoxy groups -OCH3 is 2. The second kappa shape index (κ2) is 9.61. The van der Waals surface area contributed by atoms with Gasteiger partial charge < -0.3 is 24.6 Å². The maximum absolute atomic E-state index is 13.0. The number of carbonyl (C=O) groups excluding carboxylic acids is 2. The molecular formula is C21H33N3O4S. The molecule has 1 aliphatic rings. The van der Waals surface area contributed by atoms with E-state index in [1.165, 1.54) is 0 Å². The van der Waals surface area contributed by atoms with E-state index in [0.717, 1.165) is 23.5 Å². The molecule has 1 heterocycles. The molecule has 0 spiro atoms. The van der Waals surface area contributed by atoms with Crippen molar-refractivity contribution in [1.82, 2.24) is 15.1 Å². The number of hydrogen-bond donors (Lipinski definition) is 1. The van der Waals surface area contributed by atoms with E-state index in [0.29, 0.717) is 13.1 Å². The SMILES string of the molecule is CCC1SC(c2cc(OC)ccc2OC)N(CCN(C)C(=O)NC(C)(C)C)C1=O. The van der Waals surface area contributed by atoms with Gasteiger partial charge in [0.15, 0.2) is 0 Å². The van der Waals surface area contributed by atoms with E-state index < -0.39 is 0 Å². The van der Waals surface area contributed by atoms with Crippen molar-refractivity contribution in [1.29, 1.82) is 0 Å². The van der Waals surface area contributed by atoms with Crippen molar-refractivity contribution >= 4 is 23.7 Å². The molecule has 1 aromatic rings. The average molecular weight is 424 g/mol. The molecule has 29 heavy (non-hydrogen) atoms. The fourth-order valence-electron chi connectivity index (χ4n) is 3.14. The lowest BCUT2D eigenvalue weighted by atomic mass is 10.1. The molecule has 8 heteroatoms. The molecule has 2 rings (SSSR count). The molecule has 1 N–H and O–H groups in total. The highest BCUT2D eigenvalue weighted by atomic mass is 32.2. The van der Waals surface area contributed by atoms with Gasteiger partial charge in [0.1, 0.15) is 16.9 Å². The molecule has 0 radical (unpaired) electrons. The Labute approximate surface area is 178 Å². The van der Waals surface area contributed by atoms with Crippen LogP contribution in [0.3, 0.4) is 0 Å². The van der Waals surface area contributed by atoms with Gasteiger partial charge in [-0.05, 0) is 45.4 Å². The van der Waals surface area contributed by atoms with Gasteiger partial charge >= 0.3 is 6.03 Å². The molecule has 1 aliphatic heterocycles. The number of carbonyl (C=O) groups is 2. The molecule has 162 valence electrons. The van der Waals surface area contributed by atoms with E-state index in [9.17, 15) is 9.59 Å². The first-order valence-corrected chi connectivity index (χ1v) is 10.8. The van der Waals surface area contributed by atoms with Crippen LogP contribution in [0.25, 0.3) is 0 Å². The summed E-state index contributed by atoms with van der Waals surface area (Å²) in [5.41, 5.74) is 0.594. The molecular weight excluding hydrogens is 390 g/mol. The van der Waals surface area contributed by atoms with Gasteiger partial charge in [0.05, 0.1) is 19.5 Å². The molecule has 3 amide bonds. The number of thioether (sulfide) groups is 1. The van der Waals surface area contributed by atoms with Crippen LogP contribution in [0.1, 0.15) is 45.1 Å². The summed E-state index contributed by atoms with van der Waals surface area (Å²) in [6.07, 6.45) is 0.753. The standard InChI is InChI=1S/C21H33N3O4S/c1-8-17-18(25)24(12-11-23(5)20(26)22-21(2,3)4)19(29-17)15-13-14(27-6)9-10-16(15)28-7/h9-10,13,17,19H,8,11-12H2,1-7H3,(H,22,26). The van der Waals surface area contributed by atoms with Crippen LogP contribution >= 0.6 is 11.8 Å². The summed E-state index contributed by atoms with van der Waals surface area (Å²) in [5, 5.41) is 2.65. The Morgan fingerprint density at radius 2 is 1.97 bits per heavy atom. The number of urea groups is 1. The normalized spacial score (nSPS) is 19.3. The van der Waals surface area contributed by atoms with Crippen LogP contribution < -0.4 is 14.8 Å². The van der Waals surface area contributed by atoms with Gasteiger partial charge in [0.25, 0.3) is 0 Å². The zero-order chi connectivity index (χ0) is 21.8. The average Bonchev–Trinajstić information content (AvgIpc) is 2.99. The van der Waals surface area contributed by atoms with E-state index in [-0.39, 0.29) is 28.1 Å². The lowest BCUT2D eigenvalue weighted by Crippen LogP contribution is -2.49. The minimum Gasteiger partial charge on any atom is -0.497 e. The van der Waals surface area contributed by atoms with Gasteiger partial charge in [-0.1, -0.05) is 6.92 Å². The van der Waals surface area contributed by atoms with Gasteiger partial charge in [-0.25, -0.2) is 4.79 Å². The van der Waals surface area contributed by atoms with Gasteiger partial charge in [0, 0.05) is 31.2 Å². The van der Waals surface area contributed by atoms with Crippen molar-refractivity contribution in [2.45, 2.75) is 50.3 Å². The van der Waals surface area contributed by atoms with Crippen LogP contribution in [0, 0.1) is 0 Å². The summed E-state index contributed by atoms with van der Waals surface area (Å²) in [6, 6.07) is 5.47. The van der Waals surface area contributed by atoms with Crippen molar-refractivity contribution in [2.24, 2.45) is 0 Å². The molecule has 0 aromatic heterocycles. The van der Waals surface area contributed by atoms with Gasteiger partial charge in [0.2, 0.25) is 5.91 Å². The predicted molar refractivity (Wildman–Crippen MR) is 117 cm³/mol. The first-order valence-electron chi connectivity index (χ1n) is 9.82. The summed E-state index contributed by atoms with van der Waals surface area (Å²) in [6.45, 7) is 8.72. The molecule has 1 aromatic carbocycles. The Hall–Kier alpha value is -2.09. The Morgan fingerprint density at radius 1 is 1.28 bits per heavy atom. The van der Waals surface area contributed by atoms with Gasteiger partial charge in [-0.2, -0.15) is 0 Å². The summed E-state index contributed by atoms with van der Waals surface area (Å²) >= 11 is 1.62. The van der Waals surface area contributed by atoms with E-state index in [1.54, 1.807) is 37.9 Å². The third-order valence-corrected chi connectivity index (χ3v) is 6.34. The Kier molecular flexibility index (Phi) is 7.68. The third kappa shape index (κ3) is 5.72. The second-order valence-electron chi connectivity index (χ2n) is 8.13. The maximum Gasteiger partial charge on any atom is 0.317 e. The first-order chi connectivity index (χ1) is 13.6. The van der Waals surface area contributed by atoms with Crippen LogP contribution in [-0.4, -0.2) is 66.9 Å². The van der Waals surface area contributed by atoms with Crippen LogP contribution in [0.2, 0.25) is 0 Å². The molecule has 2 unspecified atom stereocenters. The third-order valence-electron chi connectivity index (χ3n) is 4.71. The fourth-order valence-corrected chi connectivity index (χ4v) is 4.58. The number of ether oxygens (including phenoxy) is 2. The van der Waals surface area contributed by atoms with E-state index in [1.807, 2.05) is 50.8 Å². The number of likely N-dealkylation sites (N-methyl/N-ethyl adjacent to an activating group) is 1. The number of benzene rings is 1.